The zero-order chi connectivity index (χ0) is 20.6. The lowest BCUT2D eigenvalue weighted by molar-refractivity contribution is -0.647. The molecule has 0 aliphatic carbocycles. The molecule has 146 valence electrons. The minimum Gasteiger partial charge on any atom is -0.250 e. The number of nitrogens with zero attached hydrogens (tertiary/aromatic N) is 4. The van der Waals surface area contributed by atoms with Crippen molar-refractivity contribution in [1.82, 2.24) is 14.0 Å². The molecule has 0 unspecified atom stereocenters. The summed E-state index contributed by atoms with van der Waals surface area (Å²) in [6.45, 7) is 13.1. The van der Waals surface area contributed by atoms with Gasteiger partial charge in [-0.3, -0.25) is 4.40 Å². The molecule has 0 saturated carbocycles. The van der Waals surface area contributed by atoms with E-state index in [1.54, 1.807) is 0 Å². The number of fused-ring (bicyclic) bond motifs is 5. The highest BCUT2D eigenvalue weighted by molar-refractivity contribution is 5.92. The number of aryl methyl sites for hydroxylation is 6. The van der Waals surface area contributed by atoms with Crippen LogP contribution >= 0.6 is 0 Å². The van der Waals surface area contributed by atoms with Gasteiger partial charge in [0.2, 0.25) is 0 Å². The number of imidazole rings is 2. The van der Waals surface area contributed by atoms with Crippen molar-refractivity contribution >= 4 is 28.0 Å². The second kappa shape index (κ2) is 5.93. The van der Waals surface area contributed by atoms with Crippen LogP contribution in [0.1, 0.15) is 33.4 Å². The first-order valence-corrected chi connectivity index (χ1v) is 10.2. The Balaban J connectivity index is 2.13. The molecular weight excluding hydrogens is 356 g/mol. The van der Waals surface area contributed by atoms with E-state index in [0.29, 0.717) is 0 Å². The number of hydrogen-bond acceptors (Lipinski definition) is 1. The number of aromatic nitrogens is 4. The molecule has 4 heteroatoms. The highest BCUT2D eigenvalue weighted by Gasteiger charge is 2.29. The van der Waals surface area contributed by atoms with E-state index in [1.807, 2.05) is 0 Å². The fraction of sp³-hybridized carbons (Fsp3) is 0.280. The Morgan fingerprint density at radius 2 is 1.62 bits per heavy atom. The average Bonchev–Trinajstić information content (AvgIpc) is 3.19. The standard InChI is InChI=1S/C25H27N4/c1-14-11-16(3)18(5)21(12-14)29-24-23(19(6)17(4)13-27(24)7)28-20-10-8-9-15(2)22(20)26-25(28)29/h8-13H,1-7H3/q+1. The minimum absolute atomic E-state index is 0.974. The van der Waals surface area contributed by atoms with Crippen molar-refractivity contribution in [3.05, 3.63) is 69.9 Å². The quantitative estimate of drug-likeness (QED) is 0.370. The van der Waals surface area contributed by atoms with Gasteiger partial charge in [0.1, 0.15) is 11.2 Å². The molecule has 3 aromatic heterocycles. The zero-order valence-electron chi connectivity index (χ0n) is 18.3. The summed E-state index contributed by atoms with van der Waals surface area (Å²) in [4.78, 5) is 5.15. The smallest absolute Gasteiger partial charge is 0.250 e. The molecule has 0 aliphatic heterocycles. The first kappa shape index (κ1) is 17.9. The van der Waals surface area contributed by atoms with Gasteiger partial charge in [-0.2, -0.15) is 9.55 Å². The maximum absolute atomic E-state index is 5.15. The summed E-state index contributed by atoms with van der Waals surface area (Å²) >= 11 is 0. The summed E-state index contributed by atoms with van der Waals surface area (Å²) in [7, 11) is 2.14. The highest BCUT2D eigenvalue weighted by Crippen LogP contribution is 2.33. The molecule has 0 saturated heterocycles. The van der Waals surface area contributed by atoms with E-state index in [9.17, 15) is 0 Å². The van der Waals surface area contributed by atoms with Gasteiger partial charge in [-0.15, -0.1) is 0 Å². The summed E-state index contributed by atoms with van der Waals surface area (Å²) in [5.74, 6) is 0.974. The molecule has 0 aliphatic rings. The third kappa shape index (κ3) is 2.32. The van der Waals surface area contributed by atoms with Crippen LogP contribution in [-0.2, 0) is 7.05 Å². The number of benzene rings is 2. The van der Waals surface area contributed by atoms with E-state index >= 15 is 0 Å². The molecule has 0 atom stereocenters. The molecule has 2 aromatic carbocycles. The molecule has 0 bridgehead atoms. The largest absolute Gasteiger partial charge is 0.314 e. The lowest BCUT2D eigenvalue weighted by Crippen LogP contribution is -2.31. The van der Waals surface area contributed by atoms with Crippen molar-refractivity contribution in [2.45, 2.75) is 41.5 Å². The van der Waals surface area contributed by atoms with Crippen molar-refractivity contribution in [1.29, 1.82) is 0 Å². The zero-order valence-corrected chi connectivity index (χ0v) is 18.3. The molecule has 5 aromatic rings. The van der Waals surface area contributed by atoms with Crippen LogP contribution in [0.2, 0.25) is 0 Å². The third-order valence-electron chi connectivity index (χ3n) is 6.41. The van der Waals surface area contributed by atoms with E-state index in [1.165, 1.54) is 55.7 Å². The van der Waals surface area contributed by atoms with E-state index in [2.05, 4.69) is 98.7 Å². The fourth-order valence-electron chi connectivity index (χ4n) is 4.66. The van der Waals surface area contributed by atoms with Crippen LogP contribution in [0.25, 0.3) is 33.7 Å². The van der Waals surface area contributed by atoms with Crippen molar-refractivity contribution in [2.24, 2.45) is 7.05 Å². The highest BCUT2D eigenvalue weighted by atomic mass is 15.3. The average molecular weight is 384 g/mol. The number of para-hydroxylation sites is 1. The molecular formula is C25H27N4+. The van der Waals surface area contributed by atoms with E-state index < -0.39 is 0 Å². The topological polar surface area (TPSA) is 26.1 Å². The van der Waals surface area contributed by atoms with Gasteiger partial charge in [0.25, 0.3) is 0 Å². The summed E-state index contributed by atoms with van der Waals surface area (Å²) in [6.07, 6.45) is 2.22. The Labute approximate surface area is 171 Å². The maximum atomic E-state index is 5.15. The number of hydrogen-bond donors (Lipinski definition) is 0. The van der Waals surface area contributed by atoms with Crippen molar-refractivity contribution < 1.29 is 4.57 Å². The normalized spacial score (nSPS) is 12.0. The summed E-state index contributed by atoms with van der Waals surface area (Å²) in [5, 5.41) is 0. The first-order chi connectivity index (χ1) is 13.8. The van der Waals surface area contributed by atoms with Crippen LogP contribution in [0, 0.1) is 41.5 Å². The van der Waals surface area contributed by atoms with Gasteiger partial charge in [0.15, 0.2) is 0 Å². The predicted molar refractivity (Wildman–Crippen MR) is 119 cm³/mol. The fourth-order valence-corrected chi connectivity index (χ4v) is 4.66. The number of pyridine rings is 1. The van der Waals surface area contributed by atoms with Gasteiger partial charge in [-0.05, 0) is 87.1 Å². The molecule has 0 amide bonds. The predicted octanol–water partition coefficient (Wildman–Crippen LogP) is 5.11. The van der Waals surface area contributed by atoms with Crippen LogP contribution in [0.4, 0.5) is 0 Å². The van der Waals surface area contributed by atoms with E-state index in [4.69, 9.17) is 4.98 Å². The lowest BCUT2D eigenvalue weighted by Gasteiger charge is -2.09. The molecule has 4 nitrogen and oxygen atoms in total. The van der Waals surface area contributed by atoms with Crippen LogP contribution < -0.4 is 4.57 Å². The Kier molecular flexibility index (Phi) is 3.66. The molecule has 5 rings (SSSR count). The van der Waals surface area contributed by atoms with Crippen LogP contribution in [0.3, 0.4) is 0 Å². The molecule has 29 heavy (non-hydrogen) atoms. The van der Waals surface area contributed by atoms with Crippen LogP contribution in [-0.4, -0.2) is 14.0 Å². The lowest BCUT2D eigenvalue weighted by atomic mass is 10.0. The SMILES string of the molecule is Cc1cc(C)c(C)c(-n2c3nc4c(C)cccc4n3c3c(C)c(C)c[n+](C)c32)c1. The molecule has 0 radical (unpaired) electrons. The van der Waals surface area contributed by atoms with Crippen LogP contribution in [0.15, 0.2) is 36.5 Å². The Morgan fingerprint density at radius 3 is 2.38 bits per heavy atom. The first-order valence-electron chi connectivity index (χ1n) is 10.2. The molecule has 0 fully saturated rings. The van der Waals surface area contributed by atoms with Crippen molar-refractivity contribution in [3.63, 3.8) is 0 Å². The van der Waals surface area contributed by atoms with Gasteiger partial charge >= 0.3 is 11.4 Å². The molecule has 0 spiro atoms. The monoisotopic (exact) mass is 383 g/mol. The Morgan fingerprint density at radius 1 is 0.862 bits per heavy atom. The summed E-state index contributed by atoms with van der Waals surface area (Å²) in [5.41, 5.74) is 13.5. The van der Waals surface area contributed by atoms with Crippen molar-refractivity contribution in [3.8, 4) is 5.69 Å². The van der Waals surface area contributed by atoms with Gasteiger partial charge in [-0.25, -0.2) is 4.57 Å². The second-order valence-electron chi connectivity index (χ2n) is 8.47. The molecule has 3 heterocycles. The number of rotatable bonds is 1. The summed E-state index contributed by atoms with van der Waals surface area (Å²) < 4.78 is 6.93. The molecule has 0 N–H and O–H groups in total. The van der Waals surface area contributed by atoms with Gasteiger partial charge in [0, 0.05) is 0 Å². The van der Waals surface area contributed by atoms with E-state index in [-0.39, 0.29) is 0 Å². The maximum Gasteiger partial charge on any atom is 0.314 e. The van der Waals surface area contributed by atoms with Gasteiger partial charge in [0.05, 0.1) is 24.3 Å². The van der Waals surface area contributed by atoms with E-state index in [0.717, 1.165) is 11.3 Å². The summed E-state index contributed by atoms with van der Waals surface area (Å²) in [6, 6.07) is 11.0. The Hall–Kier alpha value is -3.14. The van der Waals surface area contributed by atoms with Crippen LogP contribution in [0.5, 0.6) is 0 Å². The second-order valence-corrected chi connectivity index (χ2v) is 8.47. The Bertz CT molecular complexity index is 1460. The van der Waals surface area contributed by atoms with Gasteiger partial charge in [-0.1, -0.05) is 18.2 Å². The van der Waals surface area contributed by atoms with Crippen molar-refractivity contribution in [2.75, 3.05) is 0 Å². The van der Waals surface area contributed by atoms with Gasteiger partial charge < -0.3 is 0 Å². The third-order valence-corrected chi connectivity index (χ3v) is 6.41. The minimum atomic E-state index is 0.974.